The Balaban J connectivity index is 2.15. The molecular formula is C10H14N4O4. The van der Waals surface area contributed by atoms with Crippen LogP contribution in [0.4, 0.5) is 0 Å². The van der Waals surface area contributed by atoms with Crippen LogP contribution in [-0.2, 0) is 9.59 Å². The summed E-state index contributed by atoms with van der Waals surface area (Å²) in [6.45, 7) is 1.65. The standard InChI is InChI=1S/C10H14N4O4/c1-6(14-5-11-4-12-14)9(16)13-3-7(15)2-8(13)10(17)18/h4-8,15H,2-3H2,1H3,(H,17,18)/t6?,7?,8-/m0/s1. The van der Waals surface area contributed by atoms with E-state index in [9.17, 15) is 14.7 Å². The lowest BCUT2D eigenvalue weighted by molar-refractivity contribution is -0.149. The molecule has 0 bridgehead atoms. The van der Waals surface area contributed by atoms with Crippen molar-refractivity contribution in [2.45, 2.75) is 31.5 Å². The predicted octanol–water partition coefficient (Wildman–Crippen LogP) is -1.11. The number of carboxylic acids is 1. The fraction of sp³-hybridized carbons (Fsp3) is 0.600. The van der Waals surface area contributed by atoms with Gasteiger partial charge in [0.25, 0.3) is 0 Å². The summed E-state index contributed by atoms with van der Waals surface area (Å²) in [6.07, 6.45) is 1.96. The zero-order valence-corrected chi connectivity index (χ0v) is 9.80. The van der Waals surface area contributed by atoms with E-state index in [4.69, 9.17) is 5.11 Å². The van der Waals surface area contributed by atoms with E-state index in [-0.39, 0.29) is 18.9 Å². The van der Waals surface area contributed by atoms with Crippen molar-refractivity contribution in [2.24, 2.45) is 0 Å². The maximum absolute atomic E-state index is 12.2. The Morgan fingerprint density at radius 1 is 1.50 bits per heavy atom. The molecule has 1 fully saturated rings. The fourth-order valence-electron chi connectivity index (χ4n) is 2.06. The van der Waals surface area contributed by atoms with Gasteiger partial charge in [-0.15, -0.1) is 0 Å². The van der Waals surface area contributed by atoms with Gasteiger partial charge in [-0.1, -0.05) is 0 Å². The van der Waals surface area contributed by atoms with E-state index in [1.54, 1.807) is 6.92 Å². The zero-order valence-electron chi connectivity index (χ0n) is 9.80. The maximum Gasteiger partial charge on any atom is 0.326 e. The average molecular weight is 254 g/mol. The molecule has 1 aliphatic rings. The van der Waals surface area contributed by atoms with Gasteiger partial charge in [-0.2, -0.15) is 5.10 Å². The van der Waals surface area contributed by atoms with Crippen LogP contribution < -0.4 is 0 Å². The predicted molar refractivity (Wildman–Crippen MR) is 58.5 cm³/mol. The van der Waals surface area contributed by atoms with E-state index in [2.05, 4.69) is 10.1 Å². The van der Waals surface area contributed by atoms with Gasteiger partial charge in [0.1, 0.15) is 24.7 Å². The van der Waals surface area contributed by atoms with Crippen molar-refractivity contribution in [1.82, 2.24) is 19.7 Å². The molecule has 0 aliphatic carbocycles. The number of hydrogen-bond donors (Lipinski definition) is 2. The first-order valence-electron chi connectivity index (χ1n) is 5.56. The highest BCUT2D eigenvalue weighted by atomic mass is 16.4. The van der Waals surface area contributed by atoms with E-state index >= 15 is 0 Å². The molecule has 0 radical (unpaired) electrons. The van der Waals surface area contributed by atoms with Crippen molar-refractivity contribution in [1.29, 1.82) is 0 Å². The maximum atomic E-state index is 12.2. The molecule has 8 heteroatoms. The second-order valence-corrected chi connectivity index (χ2v) is 4.29. The van der Waals surface area contributed by atoms with Crippen molar-refractivity contribution in [2.75, 3.05) is 6.54 Å². The Morgan fingerprint density at radius 2 is 2.22 bits per heavy atom. The van der Waals surface area contributed by atoms with Crippen LogP contribution in [0.3, 0.4) is 0 Å². The molecule has 8 nitrogen and oxygen atoms in total. The summed E-state index contributed by atoms with van der Waals surface area (Å²) in [6, 6.07) is -1.61. The first-order chi connectivity index (χ1) is 8.50. The van der Waals surface area contributed by atoms with Crippen molar-refractivity contribution >= 4 is 11.9 Å². The molecule has 1 aliphatic heterocycles. The van der Waals surface area contributed by atoms with Crippen LogP contribution >= 0.6 is 0 Å². The first kappa shape index (κ1) is 12.5. The van der Waals surface area contributed by atoms with Crippen molar-refractivity contribution in [3.05, 3.63) is 12.7 Å². The highest BCUT2D eigenvalue weighted by molar-refractivity contribution is 5.86. The van der Waals surface area contributed by atoms with Crippen LogP contribution in [0.1, 0.15) is 19.4 Å². The minimum atomic E-state index is -1.11. The Labute approximate surface area is 103 Å². The number of carbonyl (C=O) groups excluding carboxylic acids is 1. The monoisotopic (exact) mass is 254 g/mol. The average Bonchev–Trinajstić information content (AvgIpc) is 2.95. The Bertz CT molecular complexity index is 447. The van der Waals surface area contributed by atoms with Crippen LogP contribution in [0.5, 0.6) is 0 Å². The van der Waals surface area contributed by atoms with Gasteiger partial charge < -0.3 is 15.1 Å². The lowest BCUT2D eigenvalue weighted by Gasteiger charge is -2.24. The molecule has 0 spiro atoms. The van der Waals surface area contributed by atoms with E-state index in [0.29, 0.717) is 0 Å². The number of aliphatic hydroxyl groups excluding tert-OH is 1. The molecule has 18 heavy (non-hydrogen) atoms. The molecule has 1 saturated heterocycles. The lowest BCUT2D eigenvalue weighted by Crippen LogP contribution is -2.43. The molecular weight excluding hydrogens is 240 g/mol. The SMILES string of the molecule is CC(C(=O)N1CC(O)C[C@H]1C(=O)O)n1cncn1. The number of carbonyl (C=O) groups is 2. The van der Waals surface area contributed by atoms with Crippen LogP contribution in [0.2, 0.25) is 0 Å². The van der Waals surface area contributed by atoms with Crippen LogP contribution in [0.15, 0.2) is 12.7 Å². The largest absolute Gasteiger partial charge is 0.480 e. The highest BCUT2D eigenvalue weighted by Gasteiger charge is 2.40. The minimum Gasteiger partial charge on any atom is -0.480 e. The van der Waals surface area contributed by atoms with Gasteiger partial charge in [0.2, 0.25) is 5.91 Å². The number of aliphatic carboxylic acids is 1. The van der Waals surface area contributed by atoms with Gasteiger partial charge in [-0.05, 0) is 6.92 Å². The molecule has 2 unspecified atom stereocenters. The normalized spacial score (nSPS) is 25.1. The number of aliphatic hydroxyl groups is 1. The molecule has 1 aromatic heterocycles. The summed E-state index contributed by atoms with van der Waals surface area (Å²) in [5, 5.41) is 22.4. The van der Waals surface area contributed by atoms with Gasteiger partial charge in [0, 0.05) is 13.0 Å². The summed E-state index contributed by atoms with van der Waals surface area (Å²) < 4.78 is 1.35. The molecule has 1 aromatic rings. The van der Waals surface area contributed by atoms with E-state index in [1.807, 2.05) is 0 Å². The number of nitrogens with zero attached hydrogens (tertiary/aromatic N) is 4. The Hall–Kier alpha value is -1.96. The third-order valence-corrected chi connectivity index (χ3v) is 3.04. The third-order valence-electron chi connectivity index (χ3n) is 3.04. The van der Waals surface area contributed by atoms with Crippen LogP contribution in [-0.4, -0.2) is 60.4 Å². The topological polar surface area (TPSA) is 109 Å². The summed E-state index contributed by atoms with van der Waals surface area (Å²) in [4.78, 5) is 28.1. The molecule has 98 valence electrons. The number of carboxylic acid groups (broad SMARTS) is 1. The summed E-state index contributed by atoms with van der Waals surface area (Å²) in [5.74, 6) is -1.49. The fourth-order valence-corrected chi connectivity index (χ4v) is 2.06. The van der Waals surface area contributed by atoms with Crippen LogP contribution in [0.25, 0.3) is 0 Å². The number of likely N-dealkylation sites (tertiary alicyclic amines) is 1. The number of rotatable bonds is 3. The summed E-state index contributed by atoms with van der Waals surface area (Å²) in [5.41, 5.74) is 0. The van der Waals surface area contributed by atoms with E-state index in [0.717, 1.165) is 0 Å². The molecule has 0 aromatic carbocycles. The number of aromatic nitrogens is 3. The summed E-state index contributed by atoms with van der Waals surface area (Å²) in [7, 11) is 0. The molecule has 0 saturated carbocycles. The molecule has 2 N–H and O–H groups in total. The number of β-amino-alcohol motifs (C(OH)–C–C–N with tert-alkyl or cyclic N) is 1. The smallest absolute Gasteiger partial charge is 0.326 e. The number of amides is 1. The summed E-state index contributed by atoms with van der Waals surface area (Å²) >= 11 is 0. The van der Waals surface area contributed by atoms with Crippen LogP contribution in [0, 0.1) is 0 Å². The van der Waals surface area contributed by atoms with E-state index in [1.165, 1.54) is 22.2 Å². The quantitative estimate of drug-likeness (QED) is 0.707. The third kappa shape index (κ3) is 2.19. The first-order valence-corrected chi connectivity index (χ1v) is 5.56. The van der Waals surface area contributed by atoms with Gasteiger partial charge in [-0.3, -0.25) is 4.79 Å². The minimum absolute atomic E-state index is 0.0365. The number of hydrogen-bond acceptors (Lipinski definition) is 5. The van der Waals surface area contributed by atoms with E-state index < -0.39 is 24.2 Å². The van der Waals surface area contributed by atoms with Gasteiger partial charge in [-0.25, -0.2) is 14.5 Å². The van der Waals surface area contributed by atoms with Gasteiger partial charge in [0.05, 0.1) is 6.10 Å². The van der Waals surface area contributed by atoms with Crippen molar-refractivity contribution in [3.63, 3.8) is 0 Å². The van der Waals surface area contributed by atoms with Gasteiger partial charge >= 0.3 is 5.97 Å². The zero-order chi connectivity index (χ0) is 13.3. The van der Waals surface area contributed by atoms with Crippen molar-refractivity contribution in [3.8, 4) is 0 Å². The molecule has 2 heterocycles. The lowest BCUT2D eigenvalue weighted by atomic mass is 10.2. The Morgan fingerprint density at radius 3 is 2.78 bits per heavy atom. The molecule has 1 amide bonds. The molecule has 3 atom stereocenters. The van der Waals surface area contributed by atoms with Crippen molar-refractivity contribution < 1.29 is 19.8 Å². The molecule has 2 rings (SSSR count). The second-order valence-electron chi connectivity index (χ2n) is 4.29. The highest BCUT2D eigenvalue weighted by Crippen LogP contribution is 2.21. The second kappa shape index (κ2) is 4.73. The van der Waals surface area contributed by atoms with Gasteiger partial charge in [0.15, 0.2) is 0 Å². The Kier molecular flexibility index (Phi) is 3.28.